The second-order valence-electron chi connectivity index (χ2n) is 6.65. The first-order valence-corrected chi connectivity index (χ1v) is 9.30. The molecule has 130 valence electrons. The van der Waals surface area contributed by atoms with Crippen LogP contribution in [0.15, 0.2) is 89.9 Å². The van der Waals surface area contributed by atoms with E-state index in [9.17, 15) is 0 Å². The number of aliphatic imine (C=N–C) groups is 1. The highest BCUT2D eigenvalue weighted by atomic mass is 35.5. The molecule has 0 bridgehead atoms. The highest BCUT2D eigenvalue weighted by molar-refractivity contribution is 6.31. The van der Waals surface area contributed by atoms with Gasteiger partial charge in [0.25, 0.3) is 0 Å². The van der Waals surface area contributed by atoms with Gasteiger partial charge in [-0.25, -0.2) is 0 Å². The minimum atomic E-state index is 0.0542. The summed E-state index contributed by atoms with van der Waals surface area (Å²) in [6.45, 7) is 2.16. The molecule has 3 heteroatoms. The third kappa shape index (κ3) is 3.25. The Morgan fingerprint density at radius 1 is 0.808 bits per heavy atom. The van der Waals surface area contributed by atoms with Crippen LogP contribution in [0.2, 0.25) is 5.02 Å². The van der Waals surface area contributed by atoms with Gasteiger partial charge < -0.3 is 5.32 Å². The topological polar surface area (TPSA) is 24.4 Å². The average molecular weight is 361 g/mol. The maximum absolute atomic E-state index is 6.42. The largest absolute Gasteiger partial charge is 0.364 e. The van der Waals surface area contributed by atoms with Gasteiger partial charge in [-0.1, -0.05) is 97.4 Å². The molecule has 1 heterocycles. The molecule has 3 aromatic rings. The molecular formula is C23H21ClN2. The molecule has 0 spiro atoms. The Labute approximate surface area is 159 Å². The van der Waals surface area contributed by atoms with Crippen LogP contribution in [0, 0.1) is 0 Å². The fourth-order valence-corrected chi connectivity index (χ4v) is 3.85. The summed E-state index contributed by atoms with van der Waals surface area (Å²) in [5, 5.41) is 4.45. The molecule has 1 aliphatic heterocycles. The highest BCUT2D eigenvalue weighted by Crippen LogP contribution is 2.38. The quantitative estimate of drug-likeness (QED) is 0.612. The fraction of sp³-hybridized carbons (Fsp3) is 0.174. The van der Waals surface area contributed by atoms with E-state index in [1.54, 1.807) is 0 Å². The zero-order valence-corrected chi connectivity index (χ0v) is 15.4. The maximum atomic E-state index is 6.42. The normalized spacial score (nSPS) is 20.3. The summed E-state index contributed by atoms with van der Waals surface area (Å²) in [6.07, 6.45) is 0. The number of nitrogens with one attached hydrogen (secondary N) is 1. The van der Waals surface area contributed by atoms with Gasteiger partial charge in [0, 0.05) is 10.9 Å². The van der Waals surface area contributed by atoms with Crippen LogP contribution in [-0.4, -0.2) is 5.84 Å². The molecule has 0 aliphatic carbocycles. The Morgan fingerprint density at radius 2 is 1.38 bits per heavy atom. The van der Waals surface area contributed by atoms with Crippen molar-refractivity contribution in [2.75, 3.05) is 0 Å². The van der Waals surface area contributed by atoms with Gasteiger partial charge in [-0.2, -0.15) is 0 Å². The zero-order valence-electron chi connectivity index (χ0n) is 14.6. The van der Waals surface area contributed by atoms with Crippen LogP contribution in [0.3, 0.4) is 0 Å². The van der Waals surface area contributed by atoms with Crippen LogP contribution in [0.1, 0.15) is 41.6 Å². The Bertz CT molecular complexity index is 906. The third-order valence-corrected chi connectivity index (χ3v) is 5.32. The van der Waals surface area contributed by atoms with Crippen LogP contribution >= 0.6 is 11.6 Å². The first-order chi connectivity index (χ1) is 12.7. The molecule has 4 rings (SSSR count). The number of halogens is 1. The van der Waals surface area contributed by atoms with Crippen molar-refractivity contribution in [3.63, 3.8) is 0 Å². The molecular weight excluding hydrogens is 340 g/mol. The van der Waals surface area contributed by atoms with Crippen LogP contribution < -0.4 is 5.32 Å². The van der Waals surface area contributed by atoms with E-state index in [1.165, 1.54) is 11.1 Å². The van der Waals surface area contributed by atoms with Gasteiger partial charge in [0.1, 0.15) is 11.9 Å². The lowest BCUT2D eigenvalue weighted by molar-refractivity contribution is 0.571. The van der Waals surface area contributed by atoms with Crippen molar-refractivity contribution in [3.8, 4) is 0 Å². The lowest BCUT2D eigenvalue weighted by Crippen LogP contribution is -2.28. The molecule has 0 aromatic heterocycles. The molecule has 0 fully saturated rings. The van der Waals surface area contributed by atoms with Gasteiger partial charge >= 0.3 is 0 Å². The monoisotopic (exact) mass is 360 g/mol. The molecule has 3 atom stereocenters. The van der Waals surface area contributed by atoms with E-state index >= 15 is 0 Å². The van der Waals surface area contributed by atoms with E-state index in [0.29, 0.717) is 0 Å². The molecule has 3 unspecified atom stereocenters. The summed E-state index contributed by atoms with van der Waals surface area (Å²) >= 11 is 6.42. The summed E-state index contributed by atoms with van der Waals surface area (Å²) in [5.74, 6) is 1.10. The van der Waals surface area contributed by atoms with Gasteiger partial charge in [0.15, 0.2) is 0 Å². The summed E-state index contributed by atoms with van der Waals surface area (Å²) in [6, 6.07) is 29.2. The molecule has 3 aromatic carbocycles. The molecule has 26 heavy (non-hydrogen) atoms. The second kappa shape index (κ2) is 7.35. The Morgan fingerprint density at radius 3 is 2.04 bits per heavy atom. The molecule has 2 nitrogen and oxygen atoms in total. The van der Waals surface area contributed by atoms with Gasteiger partial charge in [0.2, 0.25) is 0 Å². The van der Waals surface area contributed by atoms with E-state index < -0.39 is 0 Å². The average Bonchev–Trinajstić information content (AvgIpc) is 3.15. The molecule has 1 N–H and O–H groups in total. The minimum absolute atomic E-state index is 0.0542. The van der Waals surface area contributed by atoms with E-state index in [4.69, 9.17) is 16.6 Å². The SMILES string of the molecule is CC(C1=NC(c2ccccc2)C(c2ccccc2)N1)c1ccccc1Cl. The zero-order chi connectivity index (χ0) is 17.9. The Balaban J connectivity index is 1.72. The van der Waals surface area contributed by atoms with Crippen LogP contribution in [0.5, 0.6) is 0 Å². The number of amidine groups is 1. The van der Waals surface area contributed by atoms with E-state index in [0.717, 1.165) is 16.4 Å². The third-order valence-electron chi connectivity index (χ3n) is 4.98. The second-order valence-corrected chi connectivity index (χ2v) is 7.05. The van der Waals surface area contributed by atoms with Gasteiger partial charge in [-0.05, 0) is 22.8 Å². The first kappa shape index (κ1) is 16.9. The predicted octanol–water partition coefficient (Wildman–Crippen LogP) is 5.93. The van der Waals surface area contributed by atoms with Crippen molar-refractivity contribution in [1.82, 2.24) is 5.32 Å². The summed E-state index contributed by atoms with van der Waals surface area (Å²) in [4.78, 5) is 5.08. The maximum Gasteiger partial charge on any atom is 0.105 e. The van der Waals surface area contributed by atoms with Gasteiger partial charge in [0.05, 0.1) is 6.04 Å². The van der Waals surface area contributed by atoms with E-state index in [2.05, 4.69) is 66.8 Å². The molecule has 0 radical (unpaired) electrons. The number of hydrogen-bond acceptors (Lipinski definition) is 2. The summed E-state index contributed by atoms with van der Waals surface area (Å²) in [7, 11) is 0. The number of nitrogens with zero attached hydrogens (tertiary/aromatic N) is 1. The van der Waals surface area contributed by atoms with Crippen LogP contribution in [0.25, 0.3) is 0 Å². The van der Waals surface area contributed by atoms with Crippen molar-refractivity contribution in [1.29, 1.82) is 0 Å². The van der Waals surface area contributed by atoms with Crippen molar-refractivity contribution in [3.05, 3.63) is 107 Å². The summed E-state index contributed by atoms with van der Waals surface area (Å²) < 4.78 is 0. The minimum Gasteiger partial charge on any atom is -0.364 e. The molecule has 1 aliphatic rings. The number of benzene rings is 3. The van der Waals surface area contributed by atoms with E-state index in [-0.39, 0.29) is 18.0 Å². The van der Waals surface area contributed by atoms with Crippen molar-refractivity contribution in [2.45, 2.75) is 24.9 Å². The number of rotatable bonds is 4. The lowest BCUT2D eigenvalue weighted by atomic mass is 9.95. The van der Waals surface area contributed by atoms with Crippen LogP contribution in [-0.2, 0) is 0 Å². The highest BCUT2D eigenvalue weighted by Gasteiger charge is 2.33. The van der Waals surface area contributed by atoms with Gasteiger partial charge in [-0.15, -0.1) is 0 Å². The van der Waals surface area contributed by atoms with Crippen molar-refractivity contribution >= 4 is 17.4 Å². The Hall–Kier alpha value is -2.58. The standard InChI is InChI=1S/C23H21ClN2/c1-16(19-14-8-9-15-20(19)24)23-25-21(17-10-4-2-5-11-17)22(26-23)18-12-6-3-7-13-18/h2-16,21-22H,1H3,(H,25,26). The lowest BCUT2D eigenvalue weighted by Gasteiger charge is -2.20. The van der Waals surface area contributed by atoms with Crippen molar-refractivity contribution in [2.24, 2.45) is 4.99 Å². The Kier molecular flexibility index (Phi) is 4.77. The van der Waals surface area contributed by atoms with Crippen molar-refractivity contribution < 1.29 is 0 Å². The summed E-state index contributed by atoms with van der Waals surface area (Å²) in [5.41, 5.74) is 3.56. The van der Waals surface area contributed by atoms with E-state index in [1.807, 2.05) is 30.3 Å². The molecule has 0 amide bonds. The molecule has 0 saturated heterocycles. The predicted molar refractivity (Wildman–Crippen MR) is 109 cm³/mol. The first-order valence-electron chi connectivity index (χ1n) is 8.92. The molecule has 0 saturated carbocycles. The smallest absolute Gasteiger partial charge is 0.105 e. The fourth-order valence-electron chi connectivity index (χ4n) is 3.55. The van der Waals surface area contributed by atoms with Crippen LogP contribution in [0.4, 0.5) is 0 Å². The number of hydrogen-bond donors (Lipinski definition) is 1. The van der Waals surface area contributed by atoms with Gasteiger partial charge in [-0.3, -0.25) is 4.99 Å².